The molecule has 0 bridgehead atoms. The molecule has 1 aliphatic carbocycles. The quantitative estimate of drug-likeness (QED) is 0.730. The topological polar surface area (TPSA) is 75.4 Å². The number of carbonyl (C=O) groups is 2. The highest BCUT2D eigenvalue weighted by Gasteiger charge is 2.29. The third-order valence-electron chi connectivity index (χ3n) is 3.63. The molecule has 2 amide bonds. The summed E-state index contributed by atoms with van der Waals surface area (Å²) in [5.41, 5.74) is 5.85. The molecule has 2 fully saturated rings. The molecule has 1 saturated carbocycles. The van der Waals surface area contributed by atoms with Gasteiger partial charge >= 0.3 is 0 Å². The van der Waals surface area contributed by atoms with Crippen molar-refractivity contribution in [3.05, 3.63) is 0 Å². The van der Waals surface area contributed by atoms with Crippen molar-refractivity contribution in [2.75, 3.05) is 19.6 Å². The number of rotatable bonds is 5. The predicted octanol–water partition coefficient (Wildman–Crippen LogP) is 0.664. The number of amides is 2. The monoisotopic (exact) mass is 289 g/mol. The number of nitrogens with two attached hydrogens (primary N) is 1. The summed E-state index contributed by atoms with van der Waals surface area (Å²) < 4.78 is 0. The Kier molecular flexibility index (Phi) is 6.58. The van der Waals surface area contributed by atoms with Crippen molar-refractivity contribution < 1.29 is 9.59 Å². The summed E-state index contributed by atoms with van der Waals surface area (Å²) in [7, 11) is 0. The first-order chi connectivity index (χ1) is 8.66. The van der Waals surface area contributed by atoms with Crippen LogP contribution in [-0.2, 0) is 9.59 Å². The smallest absolute Gasteiger partial charge is 0.223 e. The van der Waals surface area contributed by atoms with Gasteiger partial charge in [0, 0.05) is 38.0 Å². The van der Waals surface area contributed by atoms with Gasteiger partial charge in [0.15, 0.2) is 0 Å². The van der Waals surface area contributed by atoms with E-state index in [1.807, 2.05) is 4.90 Å². The minimum absolute atomic E-state index is 0. The van der Waals surface area contributed by atoms with Crippen LogP contribution in [0.2, 0.25) is 0 Å². The molecule has 1 unspecified atom stereocenters. The highest BCUT2D eigenvalue weighted by molar-refractivity contribution is 5.85. The van der Waals surface area contributed by atoms with Crippen molar-refractivity contribution in [3.63, 3.8) is 0 Å². The van der Waals surface area contributed by atoms with E-state index in [0.29, 0.717) is 19.5 Å². The molecule has 6 heteroatoms. The first-order valence-electron chi connectivity index (χ1n) is 6.98. The molecule has 3 N–H and O–H groups in total. The van der Waals surface area contributed by atoms with Gasteiger partial charge in [0.2, 0.25) is 11.8 Å². The van der Waals surface area contributed by atoms with Crippen LogP contribution >= 0.6 is 12.4 Å². The maximum atomic E-state index is 11.9. The Hall–Kier alpha value is -0.810. The molecule has 1 heterocycles. The largest absolute Gasteiger partial charge is 0.356 e. The standard InChI is InChI=1S/C13H23N3O2.ClH/c14-11-3-2-8-16(9-11)12(17)4-1-7-15-13(18)10-5-6-10;/h10-11H,1-9,14H2,(H,15,18);1H. The molecule has 0 aromatic rings. The Bertz CT molecular complexity index is 321. The molecule has 0 aromatic carbocycles. The average molecular weight is 290 g/mol. The predicted molar refractivity (Wildman–Crippen MR) is 76.0 cm³/mol. The van der Waals surface area contributed by atoms with E-state index in [9.17, 15) is 9.59 Å². The Morgan fingerprint density at radius 2 is 2.00 bits per heavy atom. The Morgan fingerprint density at radius 1 is 1.26 bits per heavy atom. The van der Waals surface area contributed by atoms with E-state index in [-0.39, 0.29) is 36.2 Å². The van der Waals surface area contributed by atoms with Gasteiger partial charge in [0.1, 0.15) is 0 Å². The first-order valence-corrected chi connectivity index (χ1v) is 6.98. The fourth-order valence-electron chi connectivity index (χ4n) is 2.34. The van der Waals surface area contributed by atoms with Crippen LogP contribution in [-0.4, -0.2) is 42.4 Å². The van der Waals surface area contributed by atoms with Gasteiger partial charge in [-0.25, -0.2) is 0 Å². The number of halogens is 1. The zero-order valence-electron chi connectivity index (χ0n) is 11.3. The van der Waals surface area contributed by atoms with Crippen LogP contribution in [0.1, 0.15) is 38.5 Å². The molecular weight excluding hydrogens is 266 g/mol. The molecular formula is C13H24ClN3O2. The maximum absolute atomic E-state index is 11.9. The van der Waals surface area contributed by atoms with Crippen molar-refractivity contribution >= 4 is 24.2 Å². The number of hydrogen-bond donors (Lipinski definition) is 2. The highest BCUT2D eigenvalue weighted by Crippen LogP contribution is 2.28. The van der Waals surface area contributed by atoms with E-state index in [4.69, 9.17) is 5.73 Å². The molecule has 0 spiro atoms. The molecule has 1 aliphatic heterocycles. The summed E-state index contributed by atoms with van der Waals surface area (Å²) in [4.78, 5) is 25.1. The van der Waals surface area contributed by atoms with Gasteiger partial charge in [0.05, 0.1) is 0 Å². The van der Waals surface area contributed by atoms with Gasteiger partial charge in [-0.1, -0.05) is 0 Å². The van der Waals surface area contributed by atoms with Gasteiger partial charge < -0.3 is 16.0 Å². The molecule has 110 valence electrons. The average Bonchev–Trinajstić information content (AvgIpc) is 3.18. The maximum Gasteiger partial charge on any atom is 0.223 e. The minimum atomic E-state index is 0. The third kappa shape index (κ3) is 5.37. The van der Waals surface area contributed by atoms with Gasteiger partial charge in [-0.2, -0.15) is 0 Å². The minimum Gasteiger partial charge on any atom is -0.356 e. The molecule has 0 aromatic heterocycles. The summed E-state index contributed by atoms with van der Waals surface area (Å²) in [6, 6.07) is 0.136. The molecule has 2 aliphatic rings. The number of hydrogen-bond acceptors (Lipinski definition) is 3. The van der Waals surface area contributed by atoms with Crippen molar-refractivity contribution in [2.24, 2.45) is 11.7 Å². The summed E-state index contributed by atoms with van der Waals surface area (Å²) in [6.07, 6.45) is 5.31. The number of likely N-dealkylation sites (tertiary alicyclic amines) is 1. The molecule has 1 atom stereocenters. The van der Waals surface area contributed by atoms with Crippen molar-refractivity contribution in [2.45, 2.75) is 44.6 Å². The van der Waals surface area contributed by atoms with Crippen LogP contribution in [0.3, 0.4) is 0 Å². The first kappa shape index (κ1) is 16.2. The van der Waals surface area contributed by atoms with Gasteiger partial charge in [-0.15, -0.1) is 12.4 Å². The van der Waals surface area contributed by atoms with Crippen LogP contribution in [0.5, 0.6) is 0 Å². The lowest BCUT2D eigenvalue weighted by Gasteiger charge is -2.30. The second-order valence-corrected chi connectivity index (χ2v) is 5.41. The molecule has 19 heavy (non-hydrogen) atoms. The Labute approximate surface area is 120 Å². The van der Waals surface area contributed by atoms with Crippen LogP contribution in [0.4, 0.5) is 0 Å². The van der Waals surface area contributed by atoms with E-state index in [1.54, 1.807) is 0 Å². The molecule has 2 rings (SSSR count). The highest BCUT2D eigenvalue weighted by atomic mass is 35.5. The van der Waals surface area contributed by atoms with Crippen LogP contribution < -0.4 is 11.1 Å². The lowest BCUT2D eigenvalue weighted by atomic mass is 10.1. The summed E-state index contributed by atoms with van der Waals surface area (Å²) in [5.74, 6) is 0.578. The molecule has 5 nitrogen and oxygen atoms in total. The number of nitrogens with zero attached hydrogens (tertiary/aromatic N) is 1. The molecule has 1 saturated heterocycles. The van der Waals surface area contributed by atoms with Gasteiger partial charge in [0.25, 0.3) is 0 Å². The van der Waals surface area contributed by atoms with E-state index < -0.39 is 0 Å². The SMILES string of the molecule is Cl.NC1CCCN(C(=O)CCCNC(=O)C2CC2)C1. The normalized spacial score (nSPS) is 22.6. The third-order valence-corrected chi connectivity index (χ3v) is 3.63. The van der Waals surface area contributed by atoms with E-state index in [1.165, 1.54) is 0 Å². The van der Waals surface area contributed by atoms with Gasteiger partial charge in [-0.3, -0.25) is 9.59 Å². The Morgan fingerprint density at radius 3 is 2.63 bits per heavy atom. The lowest BCUT2D eigenvalue weighted by Crippen LogP contribution is -2.45. The summed E-state index contributed by atoms with van der Waals surface area (Å²) >= 11 is 0. The van der Waals surface area contributed by atoms with E-state index >= 15 is 0 Å². The second kappa shape index (κ2) is 7.70. The van der Waals surface area contributed by atoms with Crippen LogP contribution in [0.25, 0.3) is 0 Å². The number of piperidine rings is 1. The van der Waals surface area contributed by atoms with Gasteiger partial charge in [-0.05, 0) is 32.1 Å². The fourth-order valence-corrected chi connectivity index (χ4v) is 2.34. The second-order valence-electron chi connectivity index (χ2n) is 5.41. The molecule has 0 radical (unpaired) electrons. The Balaban J connectivity index is 0.00000180. The van der Waals surface area contributed by atoms with E-state index in [0.717, 1.165) is 38.6 Å². The lowest BCUT2D eigenvalue weighted by molar-refractivity contribution is -0.132. The van der Waals surface area contributed by atoms with E-state index in [2.05, 4.69) is 5.32 Å². The summed E-state index contributed by atoms with van der Waals surface area (Å²) in [5, 5.41) is 2.88. The van der Waals surface area contributed by atoms with Crippen LogP contribution in [0, 0.1) is 5.92 Å². The van der Waals surface area contributed by atoms with Crippen molar-refractivity contribution in [3.8, 4) is 0 Å². The fraction of sp³-hybridized carbons (Fsp3) is 0.846. The van der Waals surface area contributed by atoms with Crippen LogP contribution in [0.15, 0.2) is 0 Å². The number of carbonyl (C=O) groups excluding carboxylic acids is 2. The summed E-state index contributed by atoms with van der Waals surface area (Å²) in [6.45, 7) is 2.13. The van der Waals surface area contributed by atoms with Crippen molar-refractivity contribution in [1.82, 2.24) is 10.2 Å². The zero-order valence-corrected chi connectivity index (χ0v) is 12.1. The van der Waals surface area contributed by atoms with Crippen molar-refractivity contribution in [1.29, 1.82) is 0 Å². The number of nitrogens with one attached hydrogen (secondary N) is 1. The zero-order chi connectivity index (χ0) is 13.0.